The Morgan fingerprint density at radius 2 is 1.09 bits per heavy atom. The van der Waals surface area contributed by atoms with Crippen molar-refractivity contribution in [3.05, 3.63) is 89.5 Å². The van der Waals surface area contributed by atoms with Crippen molar-refractivity contribution in [3.63, 3.8) is 0 Å². The molecule has 3 aromatic carbocycles. The van der Waals surface area contributed by atoms with Crippen LogP contribution in [0.25, 0.3) is 0 Å². The third kappa shape index (κ3) is 12.7. The zero-order chi connectivity index (χ0) is 43.3. The number of phenols is 2. The SMILES string of the molecule is CC[C@@H](C)[C@H](OC(=O)[C@@H](Cc1ccc(OC)cc1)N(C)C)C(=O)N[C@@H](C(=O)N(C)C(Cc1ccc(O)cc1)C(=O)N(C)[C@H](Cc1ccc(O)cc1)C(=O)OC)C(C)C. The first-order valence-electron chi connectivity index (χ1n) is 19.4. The lowest BCUT2D eigenvalue weighted by Gasteiger charge is -2.36. The first kappa shape index (κ1) is 46.8. The number of esters is 2. The Morgan fingerprint density at radius 1 is 0.638 bits per heavy atom. The number of hydrogen-bond acceptors (Lipinski definition) is 11. The Hall–Kier alpha value is -5.63. The quantitative estimate of drug-likeness (QED) is 0.141. The molecule has 0 saturated carbocycles. The number of aromatic hydroxyl groups is 2. The van der Waals surface area contributed by atoms with E-state index >= 15 is 0 Å². The maximum atomic E-state index is 14.5. The van der Waals surface area contributed by atoms with Crippen molar-refractivity contribution in [2.24, 2.45) is 11.8 Å². The number of nitrogens with zero attached hydrogens (tertiary/aromatic N) is 3. The average Bonchev–Trinajstić information content (AvgIpc) is 3.21. The summed E-state index contributed by atoms with van der Waals surface area (Å²) in [5, 5.41) is 22.6. The molecule has 14 heteroatoms. The van der Waals surface area contributed by atoms with Crippen molar-refractivity contribution < 1.29 is 48.4 Å². The fourth-order valence-corrected chi connectivity index (χ4v) is 6.43. The van der Waals surface area contributed by atoms with Crippen LogP contribution in [0.3, 0.4) is 0 Å². The van der Waals surface area contributed by atoms with Crippen molar-refractivity contribution >= 4 is 29.7 Å². The van der Waals surface area contributed by atoms with Crippen LogP contribution in [0.15, 0.2) is 72.8 Å². The highest BCUT2D eigenvalue weighted by molar-refractivity contribution is 5.95. The summed E-state index contributed by atoms with van der Waals surface area (Å²) in [6, 6.07) is 15.6. The van der Waals surface area contributed by atoms with E-state index in [1.165, 1.54) is 55.3 Å². The minimum atomic E-state index is -1.23. The van der Waals surface area contributed by atoms with E-state index < -0.39 is 71.8 Å². The van der Waals surface area contributed by atoms with Gasteiger partial charge in [-0.3, -0.25) is 24.1 Å². The highest BCUT2D eigenvalue weighted by Gasteiger charge is 2.40. The highest BCUT2D eigenvalue weighted by atomic mass is 16.6. The van der Waals surface area contributed by atoms with Crippen molar-refractivity contribution in [2.45, 2.75) is 83.6 Å². The van der Waals surface area contributed by atoms with Gasteiger partial charge in [-0.25, -0.2) is 4.79 Å². The van der Waals surface area contributed by atoms with Crippen molar-refractivity contribution in [1.82, 2.24) is 20.0 Å². The van der Waals surface area contributed by atoms with Gasteiger partial charge in [0.2, 0.25) is 11.8 Å². The summed E-state index contributed by atoms with van der Waals surface area (Å²) in [5.41, 5.74) is 2.15. The molecular formula is C44H60N4O10. The maximum absolute atomic E-state index is 14.5. The van der Waals surface area contributed by atoms with Crippen LogP contribution in [0.2, 0.25) is 0 Å². The Labute approximate surface area is 342 Å². The van der Waals surface area contributed by atoms with Gasteiger partial charge in [-0.15, -0.1) is 0 Å². The molecule has 0 bridgehead atoms. The van der Waals surface area contributed by atoms with E-state index in [9.17, 15) is 34.2 Å². The molecule has 0 fully saturated rings. The second kappa shape index (κ2) is 21.8. The number of hydrogen-bond donors (Lipinski definition) is 3. The summed E-state index contributed by atoms with van der Waals surface area (Å²) in [4.78, 5) is 74.2. The van der Waals surface area contributed by atoms with Crippen LogP contribution in [0.5, 0.6) is 17.2 Å². The monoisotopic (exact) mass is 804 g/mol. The summed E-state index contributed by atoms with van der Waals surface area (Å²) in [5.74, 6) is -3.22. The van der Waals surface area contributed by atoms with Gasteiger partial charge < -0.3 is 39.5 Å². The van der Waals surface area contributed by atoms with E-state index in [1.807, 2.05) is 19.1 Å². The average molecular weight is 805 g/mol. The van der Waals surface area contributed by atoms with Crippen molar-refractivity contribution in [2.75, 3.05) is 42.4 Å². The molecule has 0 heterocycles. The molecule has 0 aliphatic heterocycles. The lowest BCUT2D eigenvalue weighted by molar-refractivity contribution is -0.164. The molecule has 58 heavy (non-hydrogen) atoms. The van der Waals surface area contributed by atoms with E-state index in [0.29, 0.717) is 29.7 Å². The first-order valence-corrected chi connectivity index (χ1v) is 19.4. The van der Waals surface area contributed by atoms with Crippen LogP contribution in [-0.4, -0.2) is 127 Å². The Bertz CT molecular complexity index is 1820. The van der Waals surface area contributed by atoms with Crippen LogP contribution in [0.4, 0.5) is 0 Å². The Balaban J connectivity index is 1.92. The molecule has 0 radical (unpaired) electrons. The summed E-state index contributed by atoms with van der Waals surface area (Å²) in [6.45, 7) is 7.18. The molecule has 1 unspecified atom stereocenters. The molecule has 316 valence electrons. The predicted octanol–water partition coefficient (Wildman–Crippen LogP) is 3.99. The van der Waals surface area contributed by atoms with E-state index in [0.717, 1.165) is 5.56 Å². The van der Waals surface area contributed by atoms with Crippen LogP contribution < -0.4 is 10.1 Å². The lowest BCUT2D eigenvalue weighted by Crippen LogP contribution is -2.59. The van der Waals surface area contributed by atoms with Crippen LogP contribution in [0.1, 0.15) is 50.8 Å². The first-order chi connectivity index (χ1) is 27.4. The fourth-order valence-electron chi connectivity index (χ4n) is 6.43. The van der Waals surface area contributed by atoms with Crippen LogP contribution >= 0.6 is 0 Å². The van der Waals surface area contributed by atoms with Gasteiger partial charge in [0.25, 0.3) is 5.91 Å². The van der Waals surface area contributed by atoms with Crippen LogP contribution in [-0.2, 0) is 52.7 Å². The van der Waals surface area contributed by atoms with Gasteiger partial charge in [0.05, 0.1) is 14.2 Å². The highest BCUT2D eigenvalue weighted by Crippen LogP contribution is 2.22. The number of ether oxygens (including phenoxy) is 3. The second-order valence-corrected chi connectivity index (χ2v) is 15.2. The molecule has 0 spiro atoms. The predicted molar refractivity (Wildman–Crippen MR) is 219 cm³/mol. The number of phenolic OH excluding ortho intramolecular Hbond substituents is 2. The molecule has 6 atom stereocenters. The Morgan fingerprint density at radius 3 is 1.52 bits per heavy atom. The molecule has 3 N–H and O–H groups in total. The number of carbonyl (C=O) groups is 5. The number of rotatable bonds is 20. The Kier molecular flexibility index (Phi) is 17.5. The third-order valence-electron chi connectivity index (χ3n) is 10.5. The molecule has 0 aliphatic carbocycles. The number of benzene rings is 3. The number of likely N-dealkylation sites (N-methyl/N-ethyl adjacent to an activating group) is 3. The molecule has 0 aliphatic rings. The smallest absolute Gasteiger partial charge is 0.328 e. The van der Waals surface area contributed by atoms with Crippen molar-refractivity contribution in [3.8, 4) is 17.2 Å². The minimum absolute atomic E-state index is 0.00475. The summed E-state index contributed by atoms with van der Waals surface area (Å²) in [6.07, 6.45) is -0.341. The van der Waals surface area contributed by atoms with Crippen LogP contribution in [0, 0.1) is 11.8 Å². The second-order valence-electron chi connectivity index (χ2n) is 15.2. The number of amides is 3. The molecule has 3 rings (SSSR count). The summed E-state index contributed by atoms with van der Waals surface area (Å²) in [7, 11) is 9.21. The number of methoxy groups -OCH3 is 2. The zero-order valence-corrected chi connectivity index (χ0v) is 35.3. The van der Waals surface area contributed by atoms with E-state index in [-0.39, 0.29) is 24.3 Å². The van der Waals surface area contributed by atoms with Gasteiger partial charge in [-0.2, -0.15) is 0 Å². The van der Waals surface area contributed by atoms with E-state index in [1.54, 1.807) is 83.3 Å². The topological polar surface area (TPSA) is 175 Å². The van der Waals surface area contributed by atoms with Gasteiger partial charge in [-0.1, -0.05) is 64.1 Å². The van der Waals surface area contributed by atoms with Gasteiger partial charge in [-0.05, 0) is 85.9 Å². The lowest BCUT2D eigenvalue weighted by atomic mass is 9.96. The summed E-state index contributed by atoms with van der Waals surface area (Å²) < 4.78 is 16.3. The third-order valence-corrected chi connectivity index (χ3v) is 10.5. The molecular weight excluding hydrogens is 745 g/mol. The van der Waals surface area contributed by atoms with Gasteiger partial charge >= 0.3 is 11.9 Å². The maximum Gasteiger partial charge on any atom is 0.328 e. The molecule has 0 aromatic heterocycles. The van der Waals surface area contributed by atoms with E-state index in [2.05, 4.69) is 5.32 Å². The largest absolute Gasteiger partial charge is 0.508 e. The van der Waals surface area contributed by atoms with Gasteiger partial charge in [0, 0.05) is 32.9 Å². The minimum Gasteiger partial charge on any atom is -0.508 e. The fraction of sp³-hybridized carbons (Fsp3) is 0.477. The van der Waals surface area contributed by atoms with Gasteiger partial charge in [0.1, 0.15) is 41.4 Å². The molecule has 14 nitrogen and oxygen atoms in total. The normalized spacial score (nSPS) is 14.3. The molecule has 3 aromatic rings. The molecule has 0 saturated heterocycles. The van der Waals surface area contributed by atoms with Crippen molar-refractivity contribution in [1.29, 1.82) is 0 Å². The molecule has 3 amide bonds. The summed E-state index contributed by atoms with van der Waals surface area (Å²) >= 11 is 0. The van der Waals surface area contributed by atoms with Gasteiger partial charge in [0.15, 0.2) is 6.10 Å². The number of nitrogens with one attached hydrogen (secondary N) is 1. The number of carbonyl (C=O) groups excluding carboxylic acids is 5. The standard InChI is InChI=1S/C44H60N4O10/c1-11-28(4)39(58-44(55)36(46(5)6)25-31-16-22-34(56-9)23-17-31)40(51)45-38(27(2)3)42(53)47(7)35(24-29-12-18-32(49)19-13-29)41(52)48(8)37(43(54)57-10)26-30-14-20-33(50)21-15-30/h12-23,27-28,35-39,49-50H,11,24-26H2,1-10H3,(H,45,51)/t28-,35?,36-,37-,38-,39+/m1/s1. The van der Waals surface area contributed by atoms with E-state index in [4.69, 9.17) is 14.2 Å². The zero-order valence-electron chi connectivity index (χ0n) is 35.3.